The van der Waals surface area contributed by atoms with E-state index in [2.05, 4.69) is 21.3 Å². The summed E-state index contributed by atoms with van der Waals surface area (Å²) in [6, 6.07) is 19.2. The topological polar surface area (TPSA) is 135 Å². The number of amides is 4. The summed E-state index contributed by atoms with van der Waals surface area (Å²) >= 11 is 0. The van der Waals surface area contributed by atoms with Crippen LogP contribution in [0.25, 0.3) is 0 Å². The second kappa shape index (κ2) is 14.3. The molecular weight excluding hydrogens is 488 g/mol. The van der Waals surface area contributed by atoms with Crippen LogP contribution in [-0.2, 0) is 9.47 Å². The monoisotopic (exact) mass is 518 g/mol. The fraction of sp³-hybridized carbons (Fsp3) is 0.214. The van der Waals surface area contributed by atoms with Crippen LogP contribution in [0.5, 0.6) is 0 Å². The Kier molecular flexibility index (Phi) is 10.5. The van der Waals surface area contributed by atoms with Crippen LogP contribution in [0.15, 0.2) is 72.8 Å². The molecule has 4 amide bonds. The summed E-state index contributed by atoms with van der Waals surface area (Å²) in [6.45, 7) is 1.65. The van der Waals surface area contributed by atoms with E-state index in [0.717, 1.165) is 0 Å². The van der Waals surface area contributed by atoms with Crippen LogP contribution in [0, 0.1) is 0 Å². The quantitative estimate of drug-likeness (QED) is 0.272. The first-order valence-corrected chi connectivity index (χ1v) is 11.9. The maximum atomic E-state index is 12.6. The number of carbonyl (C=O) groups excluding carboxylic acids is 4. The molecule has 0 bridgehead atoms. The molecule has 0 aromatic heterocycles. The number of hydrogen-bond donors (Lipinski definition) is 4. The van der Waals surface area contributed by atoms with Gasteiger partial charge in [0.05, 0.1) is 13.2 Å². The van der Waals surface area contributed by atoms with Gasteiger partial charge in [0.15, 0.2) is 0 Å². The lowest BCUT2D eigenvalue weighted by atomic mass is 10.1. The molecule has 10 heteroatoms. The Hall–Kier alpha value is -4.54. The van der Waals surface area contributed by atoms with Crippen LogP contribution in [0.3, 0.4) is 0 Å². The van der Waals surface area contributed by atoms with Crippen molar-refractivity contribution < 1.29 is 28.7 Å². The van der Waals surface area contributed by atoms with Crippen molar-refractivity contribution in [2.75, 3.05) is 51.2 Å². The summed E-state index contributed by atoms with van der Waals surface area (Å²) in [5.74, 6) is -1.16. The molecule has 0 unspecified atom stereocenters. The summed E-state index contributed by atoms with van der Waals surface area (Å²) in [4.78, 5) is 49.3. The molecule has 0 radical (unpaired) electrons. The third kappa shape index (κ3) is 8.26. The molecule has 0 heterocycles. The molecule has 0 aliphatic carbocycles. The standard InChI is InChI=1S/C28H30N4O6/c1-37-17-15-29-25(33)19-7-11-23(12-8-19)31-27(35)21-3-5-22(6-4-21)28(36)32-24-13-9-20(10-14-24)26(34)30-16-18-38-2/h3-14H,15-18H2,1-2H3,(H,29,33)(H,30,34)(H,31,35)(H,32,36). The summed E-state index contributed by atoms with van der Waals surface area (Å²) in [6.07, 6.45) is 0. The van der Waals surface area contributed by atoms with Gasteiger partial charge in [-0.3, -0.25) is 19.2 Å². The normalized spacial score (nSPS) is 10.4. The number of nitrogens with one attached hydrogen (secondary N) is 4. The predicted octanol–water partition coefficient (Wildman–Crippen LogP) is 2.94. The summed E-state index contributed by atoms with van der Waals surface area (Å²) in [5.41, 5.74) is 2.73. The second-order valence-corrected chi connectivity index (χ2v) is 8.14. The van der Waals surface area contributed by atoms with Gasteiger partial charge in [0.25, 0.3) is 23.6 Å². The van der Waals surface area contributed by atoms with Crippen molar-refractivity contribution in [3.8, 4) is 0 Å². The van der Waals surface area contributed by atoms with E-state index in [-0.39, 0.29) is 23.6 Å². The number of benzene rings is 3. The van der Waals surface area contributed by atoms with Crippen molar-refractivity contribution in [3.63, 3.8) is 0 Å². The van der Waals surface area contributed by atoms with Crippen molar-refractivity contribution in [2.45, 2.75) is 0 Å². The van der Waals surface area contributed by atoms with Crippen molar-refractivity contribution >= 4 is 35.0 Å². The number of hydrogen-bond acceptors (Lipinski definition) is 6. The molecular formula is C28H30N4O6. The molecule has 0 saturated heterocycles. The molecule has 4 N–H and O–H groups in total. The molecule has 0 spiro atoms. The fourth-order valence-electron chi connectivity index (χ4n) is 3.33. The number of anilines is 2. The highest BCUT2D eigenvalue weighted by molar-refractivity contribution is 6.07. The van der Waals surface area contributed by atoms with E-state index in [4.69, 9.17) is 9.47 Å². The summed E-state index contributed by atoms with van der Waals surface area (Å²) in [5, 5.41) is 11.0. The van der Waals surface area contributed by atoms with E-state index in [1.54, 1.807) is 87.0 Å². The molecule has 10 nitrogen and oxygen atoms in total. The van der Waals surface area contributed by atoms with Crippen LogP contribution in [0.1, 0.15) is 41.4 Å². The zero-order valence-electron chi connectivity index (χ0n) is 21.2. The molecule has 3 rings (SSSR count). The average Bonchev–Trinajstić information content (AvgIpc) is 2.94. The van der Waals surface area contributed by atoms with Gasteiger partial charge in [-0.1, -0.05) is 0 Å². The van der Waals surface area contributed by atoms with E-state index < -0.39 is 0 Å². The van der Waals surface area contributed by atoms with E-state index in [1.807, 2.05) is 0 Å². The number of rotatable bonds is 12. The smallest absolute Gasteiger partial charge is 0.255 e. The Morgan fingerprint density at radius 2 is 0.789 bits per heavy atom. The SMILES string of the molecule is COCCNC(=O)c1ccc(NC(=O)c2ccc(C(=O)Nc3ccc(C(=O)NCCOC)cc3)cc2)cc1. The van der Waals surface area contributed by atoms with Crippen LogP contribution in [-0.4, -0.2) is 64.2 Å². The Balaban J connectivity index is 1.52. The van der Waals surface area contributed by atoms with Gasteiger partial charge in [0.2, 0.25) is 0 Å². The molecule has 38 heavy (non-hydrogen) atoms. The van der Waals surface area contributed by atoms with Crippen LogP contribution < -0.4 is 21.3 Å². The molecule has 0 aliphatic heterocycles. The lowest BCUT2D eigenvalue weighted by Gasteiger charge is -2.09. The lowest BCUT2D eigenvalue weighted by Crippen LogP contribution is -2.26. The third-order valence-electron chi connectivity index (χ3n) is 5.40. The third-order valence-corrected chi connectivity index (χ3v) is 5.40. The fourth-order valence-corrected chi connectivity index (χ4v) is 3.33. The van der Waals surface area contributed by atoms with Gasteiger partial charge < -0.3 is 30.7 Å². The highest BCUT2D eigenvalue weighted by atomic mass is 16.5. The molecule has 0 atom stereocenters. The molecule has 3 aromatic carbocycles. The van der Waals surface area contributed by atoms with E-state index in [0.29, 0.717) is 59.9 Å². The predicted molar refractivity (Wildman–Crippen MR) is 144 cm³/mol. The van der Waals surface area contributed by atoms with Crippen LogP contribution in [0.2, 0.25) is 0 Å². The Bertz CT molecular complexity index is 1140. The van der Waals surface area contributed by atoms with Crippen LogP contribution >= 0.6 is 0 Å². The van der Waals surface area contributed by atoms with Gasteiger partial charge in [-0.05, 0) is 72.8 Å². The van der Waals surface area contributed by atoms with Gasteiger partial charge in [-0.15, -0.1) is 0 Å². The molecule has 3 aromatic rings. The van der Waals surface area contributed by atoms with Crippen LogP contribution in [0.4, 0.5) is 11.4 Å². The van der Waals surface area contributed by atoms with Gasteiger partial charge in [0, 0.05) is 60.9 Å². The highest BCUT2D eigenvalue weighted by Gasteiger charge is 2.12. The number of ether oxygens (including phenoxy) is 2. The van der Waals surface area contributed by atoms with Crippen molar-refractivity contribution in [1.29, 1.82) is 0 Å². The minimum atomic E-state index is -0.353. The average molecular weight is 519 g/mol. The maximum absolute atomic E-state index is 12.6. The minimum absolute atomic E-state index is 0.229. The first-order chi connectivity index (χ1) is 18.4. The summed E-state index contributed by atoms with van der Waals surface area (Å²) in [7, 11) is 3.11. The number of carbonyl (C=O) groups is 4. The van der Waals surface area contributed by atoms with E-state index in [1.165, 1.54) is 0 Å². The van der Waals surface area contributed by atoms with E-state index in [9.17, 15) is 19.2 Å². The van der Waals surface area contributed by atoms with Crippen molar-refractivity contribution in [3.05, 3.63) is 95.1 Å². The molecule has 0 aliphatic rings. The van der Waals surface area contributed by atoms with Gasteiger partial charge in [-0.25, -0.2) is 0 Å². The minimum Gasteiger partial charge on any atom is -0.383 e. The zero-order valence-corrected chi connectivity index (χ0v) is 21.2. The van der Waals surface area contributed by atoms with E-state index >= 15 is 0 Å². The Labute approximate surface area is 220 Å². The second-order valence-electron chi connectivity index (χ2n) is 8.14. The molecule has 0 fully saturated rings. The summed E-state index contributed by atoms with van der Waals surface area (Å²) < 4.78 is 9.81. The van der Waals surface area contributed by atoms with Gasteiger partial charge in [0.1, 0.15) is 0 Å². The first-order valence-electron chi connectivity index (χ1n) is 11.9. The Morgan fingerprint density at radius 3 is 1.11 bits per heavy atom. The molecule has 198 valence electrons. The maximum Gasteiger partial charge on any atom is 0.255 e. The van der Waals surface area contributed by atoms with Crippen molar-refractivity contribution in [1.82, 2.24) is 10.6 Å². The highest BCUT2D eigenvalue weighted by Crippen LogP contribution is 2.14. The van der Waals surface area contributed by atoms with Crippen molar-refractivity contribution in [2.24, 2.45) is 0 Å². The Morgan fingerprint density at radius 1 is 0.500 bits per heavy atom. The molecule has 0 saturated carbocycles. The number of methoxy groups -OCH3 is 2. The first kappa shape index (κ1) is 28.0. The zero-order chi connectivity index (χ0) is 27.3. The largest absolute Gasteiger partial charge is 0.383 e. The van der Waals surface area contributed by atoms with Gasteiger partial charge in [-0.2, -0.15) is 0 Å². The van der Waals surface area contributed by atoms with Gasteiger partial charge >= 0.3 is 0 Å². The lowest BCUT2D eigenvalue weighted by molar-refractivity contribution is 0.0929.